The van der Waals surface area contributed by atoms with E-state index in [-0.39, 0.29) is 6.04 Å². The van der Waals surface area contributed by atoms with Gasteiger partial charge in [0.2, 0.25) is 0 Å². The van der Waals surface area contributed by atoms with E-state index in [2.05, 4.69) is 37.2 Å². The Balaban J connectivity index is 3.72. The summed E-state index contributed by atoms with van der Waals surface area (Å²) in [5.74, 6) is 0. The van der Waals surface area contributed by atoms with Crippen molar-refractivity contribution >= 4 is 0 Å². The molecule has 0 spiro atoms. The molecule has 82 valence electrons. The summed E-state index contributed by atoms with van der Waals surface area (Å²) in [4.78, 5) is 2.32. The molecule has 0 rings (SSSR count). The quantitative estimate of drug-likeness (QED) is 0.674. The summed E-state index contributed by atoms with van der Waals surface area (Å²) in [5, 5.41) is 11.7. The van der Waals surface area contributed by atoms with Crippen LogP contribution in [0.5, 0.6) is 0 Å². The van der Waals surface area contributed by atoms with Gasteiger partial charge in [0.15, 0.2) is 0 Å². The van der Waals surface area contributed by atoms with Gasteiger partial charge in [-0.15, -0.1) is 0 Å². The molecule has 0 fully saturated rings. The van der Waals surface area contributed by atoms with Crippen LogP contribution in [0.2, 0.25) is 0 Å². The third kappa shape index (κ3) is 5.21. The Morgan fingerprint density at radius 2 is 2.07 bits per heavy atom. The molecule has 3 nitrogen and oxygen atoms in total. The van der Waals surface area contributed by atoms with Crippen molar-refractivity contribution in [3.8, 4) is 6.07 Å². The van der Waals surface area contributed by atoms with Crippen molar-refractivity contribution in [3.05, 3.63) is 0 Å². The number of hydrogen-bond acceptors (Lipinski definition) is 3. The van der Waals surface area contributed by atoms with Crippen molar-refractivity contribution in [1.82, 2.24) is 10.2 Å². The summed E-state index contributed by atoms with van der Waals surface area (Å²) in [6.07, 6.45) is 3.35. The molecule has 0 aromatic rings. The molecule has 0 heterocycles. The lowest BCUT2D eigenvalue weighted by Gasteiger charge is -2.25. The van der Waals surface area contributed by atoms with Gasteiger partial charge in [-0.3, -0.25) is 0 Å². The fraction of sp³-hybridized carbons (Fsp3) is 0.909. The smallest absolute Gasteiger partial charge is 0.0962 e. The first kappa shape index (κ1) is 13.4. The third-order valence-electron chi connectivity index (χ3n) is 2.73. The van der Waals surface area contributed by atoms with Crippen LogP contribution >= 0.6 is 0 Å². The Morgan fingerprint density at radius 3 is 2.50 bits per heavy atom. The SMILES string of the molecule is CCCC(C)N(C)CCC(C#N)NC. The van der Waals surface area contributed by atoms with Gasteiger partial charge in [0, 0.05) is 12.6 Å². The van der Waals surface area contributed by atoms with Crippen LogP contribution in [0.4, 0.5) is 0 Å². The van der Waals surface area contributed by atoms with E-state index in [0.29, 0.717) is 6.04 Å². The van der Waals surface area contributed by atoms with E-state index in [0.717, 1.165) is 13.0 Å². The van der Waals surface area contributed by atoms with Crippen LogP contribution in [-0.4, -0.2) is 37.6 Å². The van der Waals surface area contributed by atoms with Crippen LogP contribution in [0.25, 0.3) is 0 Å². The van der Waals surface area contributed by atoms with Gasteiger partial charge in [-0.2, -0.15) is 5.26 Å². The van der Waals surface area contributed by atoms with E-state index >= 15 is 0 Å². The predicted molar refractivity (Wildman–Crippen MR) is 60.1 cm³/mol. The molecule has 0 saturated carbocycles. The maximum Gasteiger partial charge on any atom is 0.0962 e. The maximum atomic E-state index is 8.75. The second kappa shape index (κ2) is 7.78. The van der Waals surface area contributed by atoms with Gasteiger partial charge in [0.05, 0.1) is 12.1 Å². The first-order valence-electron chi connectivity index (χ1n) is 5.42. The molecule has 3 heteroatoms. The molecule has 14 heavy (non-hydrogen) atoms. The number of nitriles is 1. The van der Waals surface area contributed by atoms with Gasteiger partial charge in [-0.05, 0) is 33.9 Å². The van der Waals surface area contributed by atoms with E-state index in [1.54, 1.807) is 0 Å². The zero-order valence-electron chi connectivity index (χ0n) is 9.88. The maximum absolute atomic E-state index is 8.75. The van der Waals surface area contributed by atoms with Crippen molar-refractivity contribution in [2.45, 2.75) is 45.2 Å². The highest BCUT2D eigenvalue weighted by atomic mass is 15.1. The monoisotopic (exact) mass is 197 g/mol. The van der Waals surface area contributed by atoms with Gasteiger partial charge >= 0.3 is 0 Å². The van der Waals surface area contributed by atoms with Crippen molar-refractivity contribution in [2.24, 2.45) is 0 Å². The average molecular weight is 197 g/mol. The van der Waals surface area contributed by atoms with Crippen molar-refractivity contribution < 1.29 is 0 Å². The molecular formula is C11H23N3. The topological polar surface area (TPSA) is 39.1 Å². The molecular weight excluding hydrogens is 174 g/mol. The average Bonchev–Trinajstić information content (AvgIpc) is 2.19. The van der Waals surface area contributed by atoms with Gasteiger partial charge in [-0.25, -0.2) is 0 Å². The number of nitrogens with zero attached hydrogens (tertiary/aromatic N) is 2. The lowest BCUT2D eigenvalue weighted by atomic mass is 10.1. The third-order valence-corrected chi connectivity index (χ3v) is 2.73. The summed E-state index contributed by atoms with van der Waals surface area (Å²) in [6, 6.07) is 2.85. The molecule has 0 aliphatic heterocycles. The van der Waals surface area contributed by atoms with Crippen LogP contribution in [0.15, 0.2) is 0 Å². The van der Waals surface area contributed by atoms with Crippen LogP contribution in [-0.2, 0) is 0 Å². The molecule has 0 aliphatic carbocycles. The van der Waals surface area contributed by atoms with Crippen molar-refractivity contribution in [3.63, 3.8) is 0 Å². The highest BCUT2D eigenvalue weighted by Crippen LogP contribution is 2.05. The Labute approximate surface area is 88.1 Å². The zero-order chi connectivity index (χ0) is 11.0. The van der Waals surface area contributed by atoms with E-state index < -0.39 is 0 Å². The number of nitrogens with one attached hydrogen (secondary N) is 1. The van der Waals surface area contributed by atoms with Gasteiger partial charge < -0.3 is 10.2 Å². The predicted octanol–water partition coefficient (Wildman–Crippen LogP) is 1.61. The minimum absolute atomic E-state index is 0.00808. The number of rotatable bonds is 7. The molecule has 2 atom stereocenters. The molecule has 0 aliphatic rings. The molecule has 0 aromatic heterocycles. The zero-order valence-corrected chi connectivity index (χ0v) is 9.88. The second-order valence-corrected chi connectivity index (χ2v) is 3.88. The van der Waals surface area contributed by atoms with E-state index in [4.69, 9.17) is 5.26 Å². The largest absolute Gasteiger partial charge is 0.305 e. The van der Waals surface area contributed by atoms with Gasteiger partial charge in [0.25, 0.3) is 0 Å². The highest BCUT2D eigenvalue weighted by molar-refractivity contribution is 4.89. The minimum Gasteiger partial charge on any atom is -0.305 e. The summed E-state index contributed by atoms with van der Waals surface area (Å²) < 4.78 is 0. The molecule has 0 radical (unpaired) electrons. The first-order valence-corrected chi connectivity index (χ1v) is 5.42. The van der Waals surface area contributed by atoms with E-state index in [1.807, 2.05) is 7.05 Å². The normalized spacial score (nSPS) is 15.1. The van der Waals surface area contributed by atoms with Gasteiger partial charge in [-0.1, -0.05) is 13.3 Å². The Hall–Kier alpha value is -0.590. The first-order chi connectivity index (χ1) is 6.65. The Bertz CT molecular complexity index is 174. The van der Waals surface area contributed by atoms with Crippen LogP contribution in [0.1, 0.15) is 33.1 Å². The van der Waals surface area contributed by atoms with Crippen LogP contribution in [0, 0.1) is 11.3 Å². The summed E-state index contributed by atoms with van der Waals surface area (Å²) in [6.45, 7) is 5.43. The Kier molecular flexibility index (Phi) is 7.45. The highest BCUT2D eigenvalue weighted by Gasteiger charge is 2.10. The molecule has 0 bridgehead atoms. The van der Waals surface area contributed by atoms with E-state index in [9.17, 15) is 0 Å². The Morgan fingerprint density at radius 1 is 1.43 bits per heavy atom. The molecule has 0 saturated heterocycles. The molecule has 0 aromatic carbocycles. The standard InChI is InChI=1S/C11H23N3/c1-5-6-10(2)14(4)8-7-11(9-12)13-3/h10-11,13H,5-8H2,1-4H3. The molecule has 2 unspecified atom stereocenters. The number of hydrogen-bond donors (Lipinski definition) is 1. The van der Waals surface area contributed by atoms with Crippen LogP contribution in [0.3, 0.4) is 0 Å². The van der Waals surface area contributed by atoms with E-state index in [1.165, 1.54) is 12.8 Å². The second-order valence-electron chi connectivity index (χ2n) is 3.88. The van der Waals surface area contributed by atoms with Crippen molar-refractivity contribution in [1.29, 1.82) is 5.26 Å². The van der Waals surface area contributed by atoms with Crippen molar-refractivity contribution in [2.75, 3.05) is 20.6 Å². The molecule has 0 amide bonds. The fourth-order valence-electron chi connectivity index (χ4n) is 1.46. The van der Waals surface area contributed by atoms with Crippen LogP contribution < -0.4 is 5.32 Å². The van der Waals surface area contributed by atoms with Gasteiger partial charge in [0.1, 0.15) is 0 Å². The summed E-state index contributed by atoms with van der Waals surface area (Å²) in [7, 11) is 3.97. The minimum atomic E-state index is -0.00808. The summed E-state index contributed by atoms with van der Waals surface area (Å²) in [5.41, 5.74) is 0. The lowest BCUT2D eigenvalue weighted by molar-refractivity contribution is 0.237. The molecule has 1 N–H and O–H groups in total. The fourth-order valence-corrected chi connectivity index (χ4v) is 1.46. The lowest BCUT2D eigenvalue weighted by Crippen LogP contribution is -2.34. The summed E-state index contributed by atoms with van der Waals surface area (Å²) >= 11 is 0.